The topological polar surface area (TPSA) is 24.4 Å². The van der Waals surface area contributed by atoms with Crippen LogP contribution in [-0.4, -0.2) is 18.3 Å². The summed E-state index contributed by atoms with van der Waals surface area (Å²) in [6.45, 7) is 4.42. The summed E-state index contributed by atoms with van der Waals surface area (Å²) >= 11 is 1.89. The second-order valence-corrected chi connectivity index (χ2v) is 7.58. The first-order chi connectivity index (χ1) is 9.75. The van der Waals surface area contributed by atoms with E-state index >= 15 is 0 Å². The van der Waals surface area contributed by atoms with Crippen molar-refractivity contribution in [2.45, 2.75) is 44.3 Å². The molecular formula is C17H24N2S. The van der Waals surface area contributed by atoms with Gasteiger partial charge in [0.05, 0.1) is 11.8 Å². The predicted molar refractivity (Wildman–Crippen MR) is 88.3 cm³/mol. The number of aliphatic imine (C=N–C) groups is 1. The number of thioether (sulfide) groups is 1. The molecule has 2 aliphatic rings. The maximum atomic E-state index is 4.68. The Balaban J connectivity index is 1.50. The van der Waals surface area contributed by atoms with E-state index in [0.717, 1.165) is 18.3 Å². The summed E-state index contributed by atoms with van der Waals surface area (Å²) in [5.74, 6) is 0. The average Bonchev–Trinajstić information content (AvgIpc) is 2.96. The lowest BCUT2D eigenvalue weighted by Gasteiger charge is -2.33. The summed E-state index contributed by atoms with van der Waals surface area (Å²) in [5, 5.41) is 5.25. The maximum Gasteiger partial charge on any atom is 0.157 e. The molecular weight excluding hydrogens is 264 g/mol. The van der Waals surface area contributed by atoms with Gasteiger partial charge in [0.1, 0.15) is 0 Å². The highest BCUT2D eigenvalue weighted by Crippen LogP contribution is 2.37. The third kappa shape index (κ3) is 3.38. The first-order valence-corrected chi connectivity index (χ1v) is 8.63. The van der Waals surface area contributed by atoms with Crippen molar-refractivity contribution in [2.75, 3.05) is 13.1 Å². The highest BCUT2D eigenvalue weighted by molar-refractivity contribution is 8.14. The fourth-order valence-corrected chi connectivity index (χ4v) is 4.20. The van der Waals surface area contributed by atoms with Crippen LogP contribution in [0.4, 0.5) is 0 Å². The fourth-order valence-electron chi connectivity index (χ4n) is 3.18. The molecule has 1 saturated carbocycles. The molecule has 0 radical (unpaired) electrons. The van der Waals surface area contributed by atoms with Gasteiger partial charge < -0.3 is 5.32 Å². The van der Waals surface area contributed by atoms with Gasteiger partial charge in [-0.05, 0) is 23.8 Å². The van der Waals surface area contributed by atoms with Crippen LogP contribution in [0.25, 0.3) is 0 Å². The molecule has 20 heavy (non-hydrogen) atoms. The van der Waals surface area contributed by atoms with Gasteiger partial charge in [0.2, 0.25) is 0 Å². The molecule has 1 aromatic rings. The lowest BCUT2D eigenvalue weighted by atomic mass is 9.76. The number of nitrogens with one attached hydrogen (secondary N) is 1. The smallest absolute Gasteiger partial charge is 0.157 e. The van der Waals surface area contributed by atoms with Crippen molar-refractivity contribution in [3.63, 3.8) is 0 Å². The third-order valence-corrected chi connectivity index (χ3v) is 5.76. The SMILES string of the molecule is CC1(CNC2=NCC(c3ccccc3)S2)CCCCC1. The van der Waals surface area contributed by atoms with Gasteiger partial charge in [-0.1, -0.05) is 68.3 Å². The van der Waals surface area contributed by atoms with E-state index in [-0.39, 0.29) is 0 Å². The molecule has 0 spiro atoms. The summed E-state index contributed by atoms with van der Waals surface area (Å²) < 4.78 is 0. The summed E-state index contributed by atoms with van der Waals surface area (Å²) in [4.78, 5) is 4.68. The Kier molecular flexibility index (Phi) is 4.35. The molecule has 1 aromatic carbocycles. The van der Waals surface area contributed by atoms with Crippen LogP contribution in [-0.2, 0) is 0 Å². The maximum absolute atomic E-state index is 4.68. The van der Waals surface area contributed by atoms with Crippen molar-refractivity contribution in [1.29, 1.82) is 0 Å². The molecule has 3 heteroatoms. The predicted octanol–water partition coefficient (Wildman–Crippen LogP) is 4.39. The van der Waals surface area contributed by atoms with E-state index in [4.69, 9.17) is 0 Å². The van der Waals surface area contributed by atoms with E-state index in [2.05, 4.69) is 47.6 Å². The molecule has 2 nitrogen and oxygen atoms in total. The summed E-state index contributed by atoms with van der Waals surface area (Å²) in [6, 6.07) is 10.7. The van der Waals surface area contributed by atoms with Gasteiger partial charge >= 0.3 is 0 Å². The molecule has 1 fully saturated rings. The van der Waals surface area contributed by atoms with Crippen molar-refractivity contribution < 1.29 is 0 Å². The highest BCUT2D eigenvalue weighted by atomic mass is 32.2. The quantitative estimate of drug-likeness (QED) is 0.892. The van der Waals surface area contributed by atoms with Crippen LogP contribution in [0.5, 0.6) is 0 Å². The van der Waals surface area contributed by atoms with Crippen molar-refractivity contribution in [1.82, 2.24) is 5.32 Å². The van der Waals surface area contributed by atoms with E-state index in [1.54, 1.807) is 0 Å². The summed E-state index contributed by atoms with van der Waals surface area (Å²) in [7, 11) is 0. The van der Waals surface area contributed by atoms with Crippen molar-refractivity contribution in [3.05, 3.63) is 35.9 Å². The Morgan fingerprint density at radius 3 is 2.70 bits per heavy atom. The Morgan fingerprint density at radius 2 is 1.95 bits per heavy atom. The zero-order valence-electron chi connectivity index (χ0n) is 12.3. The molecule has 1 heterocycles. The normalized spacial score (nSPS) is 25.2. The number of nitrogens with zero attached hydrogens (tertiary/aromatic N) is 1. The van der Waals surface area contributed by atoms with Crippen molar-refractivity contribution >= 4 is 16.9 Å². The van der Waals surface area contributed by atoms with Crippen LogP contribution in [0.3, 0.4) is 0 Å². The second-order valence-electron chi connectivity index (χ2n) is 6.39. The minimum atomic E-state index is 0.478. The molecule has 0 amide bonds. The highest BCUT2D eigenvalue weighted by Gasteiger charge is 2.28. The van der Waals surface area contributed by atoms with Crippen LogP contribution in [0.15, 0.2) is 35.3 Å². The van der Waals surface area contributed by atoms with E-state index in [0.29, 0.717) is 10.7 Å². The number of amidine groups is 1. The molecule has 3 rings (SSSR count). The number of rotatable bonds is 3. The standard InChI is InChI=1S/C17H24N2S/c1-17(10-6-3-7-11-17)13-19-16-18-12-15(20-16)14-8-4-2-5-9-14/h2,4-5,8-9,15H,3,6-7,10-13H2,1H3,(H,18,19). The van der Waals surface area contributed by atoms with Crippen LogP contribution >= 0.6 is 11.8 Å². The molecule has 1 aliphatic carbocycles. The largest absolute Gasteiger partial charge is 0.364 e. The van der Waals surface area contributed by atoms with Crippen molar-refractivity contribution in [2.24, 2.45) is 10.4 Å². The van der Waals surface area contributed by atoms with E-state index in [9.17, 15) is 0 Å². The zero-order chi connectivity index (χ0) is 13.8. The van der Waals surface area contributed by atoms with Crippen LogP contribution in [0.2, 0.25) is 0 Å². The zero-order valence-corrected chi connectivity index (χ0v) is 13.1. The lowest BCUT2D eigenvalue weighted by Crippen LogP contribution is -2.35. The van der Waals surface area contributed by atoms with Gasteiger partial charge in [-0.3, -0.25) is 4.99 Å². The molecule has 1 unspecified atom stereocenters. The number of benzene rings is 1. The van der Waals surface area contributed by atoms with E-state index < -0.39 is 0 Å². The molecule has 0 bridgehead atoms. The Morgan fingerprint density at radius 1 is 1.20 bits per heavy atom. The van der Waals surface area contributed by atoms with Gasteiger partial charge in [0, 0.05) is 6.54 Å². The third-order valence-electron chi connectivity index (χ3n) is 4.55. The minimum Gasteiger partial charge on any atom is -0.364 e. The monoisotopic (exact) mass is 288 g/mol. The first-order valence-electron chi connectivity index (χ1n) is 7.75. The Bertz CT molecular complexity index is 463. The van der Waals surface area contributed by atoms with Gasteiger partial charge in [0.25, 0.3) is 0 Å². The van der Waals surface area contributed by atoms with Crippen LogP contribution in [0.1, 0.15) is 49.8 Å². The van der Waals surface area contributed by atoms with E-state index in [1.165, 1.54) is 37.7 Å². The fraction of sp³-hybridized carbons (Fsp3) is 0.588. The molecule has 0 saturated heterocycles. The molecule has 1 N–H and O–H groups in total. The Labute approximate surface area is 126 Å². The summed E-state index contributed by atoms with van der Waals surface area (Å²) in [5.41, 5.74) is 1.87. The van der Waals surface area contributed by atoms with Gasteiger partial charge in [-0.25, -0.2) is 0 Å². The van der Waals surface area contributed by atoms with E-state index in [1.807, 2.05) is 11.8 Å². The van der Waals surface area contributed by atoms with Gasteiger partial charge in [-0.15, -0.1) is 0 Å². The first kappa shape index (κ1) is 14.0. The Hall–Kier alpha value is -0.960. The average molecular weight is 288 g/mol. The van der Waals surface area contributed by atoms with Crippen LogP contribution < -0.4 is 5.32 Å². The van der Waals surface area contributed by atoms with Crippen LogP contribution in [0, 0.1) is 5.41 Å². The minimum absolute atomic E-state index is 0.478. The molecule has 1 aliphatic heterocycles. The summed E-state index contributed by atoms with van der Waals surface area (Å²) in [6.07, 6.45) is 6.93. The number of hydrogen-bond donors (Lipinski definition) is 1. The second kappa shape index (κ2) is 6.21. The van der Waals surface area contributed by atoms with Gasteiger partial charge in [0.15, 0.2) is 5.17 Å². The lowest BCUT2D eigenvalue weighted by molar-refractivity contribution is 0.218. The molecule has 108 valence electrons. The molecule has 0 aromatic heterocycles. The van der Waals surface area contributed by atoms with Gasteiger partial charge in [-0.2, -0.15) is 0 Å². The number of hydrogen-bond acceptors (Lipinski definition) is 3. The van der Waals surface area contributed by atoms with Crippen molar-refractivity contribution in [3.8, 4) is 0 Å². The molecule has 1 atom stereocenters.